The molecule has 0 aliphatic rings. The van der Waals surface area contributed by atoms with Crippen LogP contribution in [-0.2, 0) is 12.8 Å². The van der Waals surface area contributed by atoms with Crippen LogP contribution in [-0.4, -0.2) is 34.7 Å². The second-order valence-corrected chi connectivity index (χ2v) is 8.14. The van der Waals surface area contributed by atoms with Crippen molar-refractivity contribution in [3.63, 3.8) is 0 Å². The first kappa shape index (κ1) is 25.4. The van der Waals surface area contributed by atoms with Crippen LogP contribution in [0.3, 0.4) is 0 Å². The highest BCUT2D eigenvalue weighted by Gasteiger charge is 2.67. The molecule has 0 nitrogen and oxygen atoms in total. The zero-order chi connectivity index (χ0) is 23.5. The van der Waals surface area contributed by atoms with E-state index in [4.69, 9.17) is 0 Å². The Balaban J connectivity index is 2.47. The number of alkyl halides is 10. The normalized spacial score (nSPS) is 15.5. The largest absolute Gasteiger partial charge is 0.454 e. The molecule has 0 heterocycles. The van der Waals surface area contributed by atoms with Crippen LogP contribution in [0.15, 0.2) is 60.7 Å². The summed E-state index contributed by atoms with van der Waals surface area (Å²) in [5.74, 6) is -11.0. The van der Waals surface area contributed by atoms with E-state index in [0.717, 1.165) is 0 Å². The highest BCUT2D eigenvalue weighted by molar-refractivity contribution is 8.00. The van der Waals surface area contributed by atoms with Gasteiger partial charge in [0.15, 0.2) is 0 Å². The summed E-state index contributed by atoms with van der Waals surface area (Å²) in [6.45, 7) is 0. The van der Waals surface area contributed by atoms with Crippen LogP contribution in [0.5, 0.6) is 0 Å². The van der Waals surface area contributed by atoms with Crippen molar-refractivity contribution in [1.82, 2.24) is 0 Å². The Labute approximate surface area is 175 Å². The summed E-state index contributed by atoms with van der Waals surface area (Å²) in [7, 11) is 0. The fraction of sp³-hybridized carbons (Fsp3) is 0.400. The van der Waals surface area contributed by atoms with E-state index in [2.05, 4.69) is 0 Å². The second-order valence-electron chi connectivity index (χ2n) is 6.73. The van der Waals surface area contributed by atoms with Crippen molar-refractivity contribution >= 4 is 11.8 Å². The highest BCUT2D eigenvalue weighted by Crippen LogP contribution is 2.50. The number of benzene rings is 2. The first-order valence-electron chi connectivity index (χ1n) is 8.78. The van der Waals surface area contributed by atoms with Crippen molar-refractivity contribution in [1.29, 1.82) is 0 Å². The topological polar surface area (TPSA) is 0 Å². The molecule has 0 N–H and O–H groups in total. The summed E-state index contributed by atoms with van der Waals surface area (Å²) in [6, 6.07) is 13.0. The van der Waals surface area contributed by atoms with Crippen LogP contribution in [0.25, 0.3) is 0 Å². The lowest BCUT2D eigenvalue weighted by atomic mass is 10.0. The molecule has 0 amide bonds. The summed E-state index contributed by atoms with van der Waals surface area (Å²) >= 11 is -0.693. The number of hydrogen-bond donors (Lipinski definition) is 0. The first-order chi connectivity index (χ1) is 14.2. The van der Waals surface area contributed by atoms with Crippen molar-refractivity contribution in [3.8, 4) is 0 Å². The van der Waals surface area contributed by atoms with Gasteiger partial charge in [-0.3, -0.25) is 0 Å². The van der Waals surface area contributed by atoms with Gasteiger partial charge in [0, 0.05) is 0 Å². The van der Waals surface area contributed by atoms with Crippen LogP contribution in [0.4, 0.5) is 43.9 Å². The second kappa shape index (κ2) is 9.30. The van der Waals surface area contributed by atoms with E-state index >= 15 is 0 Å². The van der Waals surface area contributed by atoms with Gasteiger partial charge in [-0.25, -0.2) is 0 Å². The van der Waals surface area contributed by atoms with E-state index < -0.39 is 59.3 Å². The minimum atomic E-state index is -6.13. The minimum Gasteiger partial charge on any atom is -0.195 e. The Morgan fingerprint density at radius 1 is 0.516 bits per heavy atom. The molecule has 0 aromatic heterocycles. The van der Waals surface area contributed by atoms with Gasteiger partial charge in [0.1, 0.15) is 0 Å². The van der Waals surface area contributed by atoms with E-state index in [1.54, 1.807) is 0 Å². The van der Waals surface area contributed by atoms with Crippen molar-refractivity contribution in [3.05, 3.63) is 71.8 Å². The summed E-state index contributed by atoms with van der Waals surface area (Å²) in [5.41, 5.74) is -0.115. The Kier molecular flexibility index (Phi) is 7.60. The van der Waals surface area contributed by atoms with Crippen LogP contribution >= 0.6 is 11.8 Å². The van der Waals surface area contributed by atoms with Gasteiger partial charge in [-0.2, -0.15) is 43.9 Å². The first-order valence-corrected chi connectivity index (χ1v) is 9.73. The smallest absolute Gasteiger partial charge is 0.195 e. The maximum atomic E-state index is 14.2. The average molecular weight is 478 g/mol. The molecule has 2 aromatic carbocycles. The standard InChI is InChI=1S/C20H16F10S/c21-17(22,19(25,26)27)15(11-13-7-3-1-4-8-13)31-16(18(23,24)20(28,29)30)12-14-9-5-2-6-10-14/h1-10,15-16H,11-12H2/t15-,16-/m0/s1. The fourth-order valence-electron chi connectivity index (χ4n) is 2.74. The Morgan fingerprint density at radius 2 is 0.806 bits per heavy atom. The number of hydrogen-bond acceptors (Lipinski definition) is 1. The molecule has 0 aliphatic carbocycles. The predicted molar refractivity (Wildman–Crippen MR) is 97.5 cm³/mol. The number of rotatable bonds is 8. The van der Waals surface area contributed by atoms with Crippen molar-refractivity contribution in [2.24, 2.45) is 0 Å². The van der Waals surface area contributed by atoms with Gasteiger partial charge in [0.25, 0.3) is 0 Å². The lowest BCUT2D eigenvalue weighted by Crippen LogP contribution is -2.51. The third kappa shape index (κ3) is 6.08. The van der Waals surface area contributed by atoms with Gasteiger partial charge >= 0.3 is 24.2 Å². The molecule has 0 saturated carbocycles. The van der Waals surface area contributed by atoms with E-state index in [1.807, 2.05) is 0 Å². The zero-order valence-corrected chi connectivity index (χ0v) is 16.3. The van der Waals surface area contributed by atoms with Crippen molar-refractivity contribution in [2.45, 2.75) is 47.5 Å². The number of thioether (sulfide) groups is 1. The fourth-order valence-corrected chi connectivity index (χ4v) is 4.33. The van der Waals surface area contributed by atoms with Gasteiger partial charge in [0.2, 0.25) is 0 Å². The lowest BCUT2D eigenvalue weighted by molar-refractivity contribution is -0.284. The molecular weight excluding hydrogens is 462 g/mol. The molecular formula is C20H16F10S. The quantitative estimate of drug-likeness (QED) is 0.358. The third-order valence-corrected chi connectivity index (χ3v) is 6.00. The zero-order valence-electron chi connectivity index (χ0n) is 15.5. The molecule has 2 rings (SSSR count). The molecule has 172 valence electrons. The Hall–Kier alpha value is -1.91. The molecule has 31 heavy (non-hydrogen) atoms. The van der Waals surface area contributed by atoms with Crippen LogP contribution in [0, 0.1) is 0 Å². The monoisotopic (exact) mass is 478 g/mol. The average Bonchev–Trinajstić information content (AvgIpc) is 2.66. The molecule has 0 saturated heterocycles. The van der Waals surface area contributed by atoms with Gasteiger partial charge in [-0.15, -0.1) is 11.8 Å². The molecule has 0 radical (unpaired) electrons. The third-order valence-electron chi connectivity index (χ3n) is 4.42. The van der Waals surface area contributed by atoms with Gasteiger partial charge in [-0.05, 0) is 24.0 Å². The predicted octanol–water partition coefficient (Wildman–Crippen LogP) is 7.34. The lowest BCUT2D eigenvalue weighted by Gasteiger charge is -2.34. The van der Waals surface area contributed by atoms with Crippen molar-refractivity contribution in [2.75, 3.05) is 0 Å². The summed E-state index contributed by atoms with van der Waals surface area (Å²) in [6.07, 6.45) is -14.4. The molecule has 0 fully saturated rings. The number of halogens is 10. The molecule has 0 unspecified atom stereocenters. The van der Waals surface area contributed by atoms with Crippen LogP contribution in [0.2, 0.25) is 0 Å². The maximum absolute atomic E-state index is 14.2. The van der Waals surface area contributed by atoms with Crippen LogP contribution in [0.1, 0.15) is 11.1 Å². The summed E-state index contributed by atoms with van der Waals surface area (Å²) < 4.78 is 135. The maximum Gasteiger partial charge on any atom is 0.454 e. The molecule has 0 spiro atoms. The van der Waals surface area contributed by atoms with Crippen LogP contribution < -0.4 is 0 Å². The molecule has 2 atom stereocenters. The Bertz CT molecular complexity index is 746. The van der Waals surface area contributed by atoms with Gasteiger partial charge in [0.05, 0.1) is 10.5 Å². The van der Waals surface area contributed by atoms with E-state index in [1.165, 1.54) is 60.7 Å². The molecule has 2 aromatic rings. The van der Waals surface area contributed by atoms with E-state index in [0.29, 0.717) is 0 Å². The molecule has 0 bridgehead atoms. The molecule has 11 heteroatoms. The minimum absolute atomic E-state index is 0.0577. The van der Waals surface area contributed by atoms with Gasteiger partial charge < -0.3 is 0 Å². The summed E-state index contributed by atoms with van der Waals surface area (Å²) in [5, 5.41) is -5.81. The summed E-state index contributed by atoms with van der Waals surface area (Å²) in [4.78, 5) is 0. The van der Waals surface area contributed by atoms with E-state index in [9.17, 15) is 43.9 Å². The Morgan fingerprint density at radius 3 is 1.06 bits per heavy atom. The van der Waals surface area contributed by atoms with Gasteiger partial charge in [-0.1, -0.05) is 60.7 Å². The highest BCUT2D eigenvalue weighted by atomic mass is 32.2. The van der Waals surface area contributed by atoms with Crippen molar-refractivity contribution < 1.29 is 43.9 Å². The van der Waals surface area contributed by atoms with E-state index in [-0.39, 0.29) is 11.1 Å². The molecule has 0 aliphatic heterocycles. The SMILES string of the molecule is FC(F)(F)C(F)(F)[C@H](Cc1ccccc1)S[C@@H](Cc1ccccc1)C(F)(F)C(F)(F)F.